The molecule has 0 bridgehead atoms. The summed E-state index contributed by atoms with van der Waals surface area (Å²) in [7, 11) is 0. The lowest BCUT2D eigenvalue weighted by Gasteiger charge is -2.19. The number of rotatable bonds is 6. The van der Waals surface area contributed by atoms with Gasteiger partial charge in [0, 0.05) is 30.6 Å². The minimum absolute atomic E-state index is 0.0117. The molecule has 0 saturated carbocycles. The molecular weight excluding hydrogens is 306 g/mol. The van der Waals surface area contributed by atoms with E-state index in [1.54, 1.807) is 29.0 Å². The van der Waals surface area contributed by atoms with Crippen LogP contribution in [0, 0.1) is 5.92 Å². The second-order valence-electron chi connectivity index (χ2n) is 5.91. The Kier molecular flexibility index (Phi) is 6.14. The Bertz CT molecular complexity index is 725. The average molecular weight is 329 g/mol. The van der Waals surface area contributed by atoms with Crippen LogP contribution in [0.4, 0.5) is 10.5 Å². The van der Waals surface area contributed by atoms with Crippen LogP contribution in [0.25, 0.3) is 0 Å². The number of aliphatic hydroxyl groups is 1. The van der Waals surface area contributed by atoms with Crippen molar-refractivity contribution in [1.29, 1.82) is 0 Å². The maximum atomic E-state index is 11.9. The number of urea groups is 1. The SMILES string of the molecule is C[C@H](NC(=O)Nc1ccc(Cn2ccccc2=O)cc1)[C@@H](C)CO. The molecule has 24 heavy (non-hydrogen) atoms. The Labute approximate surface area is 141 Å². The summed E-state index contributed by atoms with van der Waals surface area (Å²) < 4.78 is 1.62. The first-order valence-electron chi connectivity index (χ1n) is 7.92. The second kappa shape index (κ2) is 8.31. The summed E-state index contributed by atoms with van der Waals surface area (Å²) >= 11 is 0. The van der Waals surface area contributed by atoms with Crippen molar-refractivity contribution in [2.24, 2.45) is 5.92 Å². The summed E-state index contributed by atoms with van der Waals surface area (Å²) in [5.74, 6) is -0.0117. The molecule has 0 radical (unpaired) electrons. The van der Waals surface area contributed by atoms with Crippen LogP contribution in [-0.4, -0.2) is 28.4 Å². The first kappa shape index (κ1) is 17.7. The van der Waals surface area contributed by atoms with E-state index in [2.05, 4.69) is 10.6 Å². The Hall–Kier alpha value is -2.60. The predicted molar refractivity (Wildman–Crippen MR) is 94.1 cm³/mol. The third kappa shape index (κ3) is 4.96. The molecule has 0 unspecified atom stereocenters. The van der Waals surface area contributed by atoms with Crippen LogP contribution in [-0.2, 0) is 6.54 Å². The van der Waals surface area contributed by atoms with E-state index in [1.807, 2.05) is 32.0 Å². The van der Waals surface area contributed by atoms with E-state index < -0.39 is 0 Å². The number of pyridine rings is 1. The van der Waals surface area contributed by atoms with Crippen LogP contribution in [0.1, 0.15) is 19.4 Å². The number of carbonyl (C=O) groups is 1. The number of hydrogen-bond acceptors (Lipinski definition) is 3. The molecule has 2 amide bonds. The molecular formula is C18H23N3O3. The summed E-state index contributed by atoms with van der Waals surface area (Å²) in [5.41, 5.74) is 1.59. The fourth-order valence-corrected chi connectivity index (χ4v) is 2.16. The van der Waals surface area contributed by atoms with Crippen LogP contribution in [0.3, 0.4) is 0 Å². The van der Waals surface area contributed by atoms with Gasteiger partial charge in [0.2, 0.25) is 0 Å². The van der Waals surface area contributed by atoms with Crippen molar-refractivity contribution in [3.63, 3.8) is 0 Å². The molecule has 3 N–H and O–H groups in total. The van der Waals surface area contributed by atoms with Crippen LogP contribution in [0.5, 0.6) is 0 Å². The van der Waals surface area contributed by atoms with E-state index >= 15 is 0 Å². The fraction of sp³-hybridized carbons (Fsp3) is 0.333. The molecule has 6 nitrogen and oxygen atoms in total. The van der Waals surface area contributed by atoms with E-state index in [9.17, 15) is 9.59 Å². The van der Waals surface area contributed by atoms with E-state index in [0.717, 1.165) is 5.56 Å². The highest BCUT2D eigenvalue weighted by atomic mass is 16.3. The summed E-state index contributed by atoms with van der Waals surface area (Å²) in [6.07, 6.45) is 1.74. The van der Waals surface area contributed by atoms with Gasteiger partial charge in [-0.2, -0.15) is 0 Å². The lowest BCUT2D eigenvalue weighted by molar-refractivity contribution is 0.204. The first-order valence-corrected chi connectivity index (χ1v) is 7.92. The molecule has 128 valence electrons. The summed E-state index contributed by atoms with van der Waals surface area (Å²) in [5, 5.41) is 14.6. The average Bonchev–Trinajstić information content (AvgIpc) is 2.57. The van der Waals surface area contributed by atoms with E-state index in [-0.39, 0.29) is 30.2 Å². The quantitative estimate of drug-likeness (QED) is 0.758. The molecule has 2 rings (SSSR count). The normalized spacial score (nSPS) is 13.1. The van der Waals surface area contributed by atoms with Gasteiger partial charge in [-0.1, -0.05) is 25.1 Å². The number of carbonyl (C=O) groups excluding carboxylic acids is 1. The second-order valence-corrected chi connectivity index (χ2v) is 5.91. The fourth-order valence-electron chi connectivity index (χ4n) is 2.16. The lowest BCUT2D eigenvalue weighted by atomic mass is 10.1. The van der Waals surface area contributed by atoms with Gasteiger partial charge in [-0.15, -0.1) is 0 Å². The smallest absolute Gasteiger partial charge is 0.319 e. The number of benzene rings is 1. The van der Waals surface area contributed by atoms with Crippen LogP contribution in [0.2, 0.25) is 0 Å². The zero-order chi connectivity index (χ0) is 17.5. The summed E-state index contributed by atoms with van der Waals surface area (Å²) in [4.78, 5) is 23.6. The van der Waals surface area contributed by atoms with Gasteiger partial charge in [-0.05, 0) is 36.6 Å². The third-order valence-electron chi connectivity index (χ3n) is 3.96. The number of aliphatic hydroxyl groups excluding tert-OH is 1. The van der Waals surface area contributed by atoms with Gasteiger partial charge >= 0.3 is 6.03 Å². The highest BCUT2D eigenvalue weighted by Crippen LogP contribution is 2.10. The van der Waals surface area contributed by atoms with Crippen molar-refractivity contribution in [3.05, 3.63) is 64.6 Å². The molecule has 2 aromatic rings. The molecule has 2 atom stereocenters. The Morgan fingerprint density at radius 2 is 1.88 bits per heavy atom. The van der Waals surface area contributed by atoms with Gasteiger partial charge in [-0.3, -0.25) is 4.79 Å². The van der Waals surface area contributed by atoms with Crippen molar-refractivity contribution < 1.29 is 9.90 Å². The molecule has 0 saturated heterocycles. The monoisotopic (exact) mass is 329 g/mol. The van der Waals surface area contributed by atoms with Gasteiger partial charge in [-0.25, -0.2) is 4.79 Å². The maximum Gasteiger partial charge on any atom is 0.319 e. The van der Waals surface area contributed by atoms with E-state index in [4.69, 9.17) is 5.11 Å². The lowest BCUT2D eigenvalue weighted by Crippen LogP contribution is -2.40. The molecule has 0 aliphatic heterocycles. The van der Waals surface area contributed by atoms with Crippen molar-refractivity contribution in [3.8, 4) is 0 Å². The van der Waals surface area contributed by atoms with Gasteiger partial charge < -0.3 is 20.3 Å². The number of anilines is 1. The maximum absolute atomic E-state index is 11.9. The van der Waals surface area contributed by atoms with Crippen molar-refractivity contribution >= 4 is 11.7 Å². The van der Waals surface area contributed by atoms with Gasteiger partial charge in [0.25, 0.3) is 5.56 Å². The third-order valence-corrected chi connectivity index (χ3v) is 3.96. The number of nitrogens with one attached hydrogen (secondary N) is 2. The molecule has 6 heteroatoms. The number of aromatic nitrogens is 1. The molecule has 1 aromatic carbocycles. The van der Waals surface area contributed by atoms with Crippen molar-refractivity contribution in [2.75, 3.05) is 11.9 Å². The molecule has 0 aliphatic carbocycles. The zero-order valence-electron chi connectivity index (χ0n) is 13.9. The molecule has 0 spiro atoms. The zero-order valence-corrected chi connectivity index (χ0v) is 13.9. The van der Waals surface area contributed by atoms with Crippen molar-refractivity contribution in [2.45, 2.75) is 26.4 Å². The summed E-state index contributed by atoms with van der Waals surface area (Å²) in [6.45, 7) is 4.22. The minimum Gasteiger partial charge on any atom is -0.396 e. The van der Waals surface area contributed by atoms with Crippen LogP contribution in [0.15, 0.2) is 53.5 Å². The molecule has 1 heterocycles. The number of amides is 2. The van der Waals surface area contributed by atoms with E-state index in [0.29, 0.717) is 12.2 Å². The topological polar surface area (TPSA) is 83.4 Å². The van der Waals surface area contributed by atoms with Crippen LogP contribution < -0.4 is 16.2 Å². The number of hydrogen-bond donors (Lipinski definition) is 3. The highest BCUT2D eigenvalue weighted by molar-refractivity contribution is 5.89. The molecule has 0 fully saturated rings. The largest absolute Gasteiger partial charge is 0.396 e. The predicted octanol–water partition coefficient (Wildman–Crippen LogP) is 2.03. The standard InChI is InChI=1S/C18H23N3O3/c1-13(12-22)14(2)19-18(24)20-16-8-6-15(7-9-16)11-21-10-4-3-5-17(21)23/h3-10,13-14,22H,11-12H2,1-2H3,(H2,19,20,24)/t13-,14-/m0/s1. The minimum atomic E-state index is -0.310. The van der Waals surface area contributed by atoms with Gasteiger partial charge in [0.05, 0.1) is 6.54 Å². The van der Waals surface area contributed by atoms with Crippen molar-refractivity contribution in [1.82, 2.24) is 9.88 Å². The van der Waals surface area contributed by atoms with Gasteiger partial charge in [0.1, 0.15) is 0 Å². The molecule has 1 aromatic heterocycles. The van der Waals surface area contributed by atoms with Gasteiger partial charge in [0.15, 0.2) is 0 Å². The molecule has 0 aliphatic rings. The Balaban J connectivity index is 1.93. The van der Waals surface area contributed by atoms with E-state index in [1.165, 1.54) is 6.07 Å². The Morgan fingerprint density at radius 1 is 1.17 bits per heavy atom. The highest BCUT2D eigenvalue weighted by Gasteiger charge is 2.13. The summed E-state index contributed by atoms with van der Waals surface area (Å²) in [6, 6.07) is 11.9. The first-order chi connectivity index (χ1) is 11.5. The van der Waals surface area contributed by atoms with Crippen LogP contribution >= 0.6 is 0 Å². The number of nitrogens with zero attached hydrogens (tertiary/aromatic N) is 1. The Morgan fingerprint density at radius 3 is 2.50 bits per heavy atom.